The number of ether oxygens (including phenoxy) is 1. The third-order valence-corrected chi connectivity index (χ3v) is 3.77. The average molecular weight is 287 g/mol. The second-order valence-corrected chi connectivity index (χ2v) is 5.10. The number of hydrogen-bond donors (Lipinski definition) is 2. The first-order valence-corrected chi connectivity index (χ1v) is 6.77. The number of phenols is 1. The number of amides is 1. The van der Waals surface area contributed by atoms with Crippen molar-refractivity contribution in [3.8, 4) is 5.75 Å². The van der Waals surface area contributed by atoms with E-state index in [9.17, 15) is 9.90 Å². The summed E-state index contributed by atoms with van der Waals surface area (Å²) in [6, 6.07) is 6.73. The molecular weight excluding hydrogens is 270 g/mol. The van der Waals surface area contributed by atoms with Crippen LogP contribution in [0.4, 0.5) is 0 Å². The Morgan fingerprint density at radius 2 is 2.29 bits per heavy atom. The number of phenolic OH excluding ortho intramolecular Hbond substituents is 1. The van der Waals surface area contributed by atoms with Gasteiger partial charge in [-0.25, -0.2) is 0 Å². The summed E-state index contributed by atoms with van der Waals surface area (Å²) in [5.74, 6) is 0.0704. The molecule has 1 atom stereocenters. The van der Waals surface area contributed by atoms with Crippen LogP contribution in [0, 0.1) is 6.92 Å². The van der Waals surface area contributed by atoms with Crippen LogP contribution in [0.15, 0.2) is 24.3 Å². The summed E-state index contributed by atoms with van der Waals surface area (Å²) in [6.07, 6.45) is 0. The molecule has 1 aromatic carbocycles. The van der Waals surface area contributed by atoms with Gasteiger partial charge in [0.15, 0.2) is 5.69 Å². The Labute approximate surface area is 122 Å². The van der Waals surface area contributed by atoms with Crippen molar-refractivity contribution >= 4 is 5.91 Å². The fourth-order valence-corrected chi connectivity index (χ4v) is 2.81. The van der Waals surface area contributed by atoms with Gasteiger partial charge in [0.2, 0.25) is 0 Å². The molecule has 0 unspecified atom stereocenters. The largest absolute Gasteiger partial charge is 0.508 e. The second kappa shape index (κ2) is 5.21. The Kier molecular flexibility index (Phi) is 3.39. The predicted octanol–water partition coefficient (Wildman–Crippen LogP) is 1.62. The van der Waals surface area contributed by atoms with Crippen LogP contribution in [0.3, 0.4) is 0 Å². The molecule has 110 valence electrons. The Balaban J connectivity index is 2.08. The summed E-state index contributed by atoms with van der Waals surface area (Å²) in [6.45, 7) is 2.83. The molecule has 0 aliphatic carbocycles. The standard InChI is InChI=1S/C15H17N3O3/c1-9-12-13(17-16-9)15(20)18(6-7-21-2)14(12)10-4-3-5-11(19)8-10/h3-5,8,14,19H,6-7H2,1-2H3,(H,16,17)/t14-/m0/s1. The molecule has 1 aliphatic rings. The van der Waals surface area contributed by atoms with Crippen molar-refractivity contribution in [3.63, 3.8) is 0 Å². The van der Waals surface area contributed by atoms with Crippen LogP contribution < -0.4 is 0 Å². The number of rotatable bonds is 4. The van der Waals surface area contributed by atoms with E-state index in [2.05, 4.69) is 10.2 Å². The monoisotopic (exact) mass is 287 g/mol. The van der Waals surface area contributed by atoms with Crippen molar-refractivity contribution < 1.29 is 14.6 Å². The van der Waals surface area contributed by atoms with Gasteiger partial charge in [-0.3, -0.25) is 9.89 Å². The van der Waals surface area contributed by atoms with E-state index >= 15 is 0 Å². The molecule has 0 saturated carbocycles. The van der Waals surface area contributed by atoms with Crippen molar-refractivity contribution in [2.45, 2.75) is 13.0 Å². The summed E-state index contributed by atoms with van der Waals surface area (Å²) in [5, 5.41) is 16.7. The van der Waals surface area contributed by atoms with E-state index < -0.39 is 0 Å². The topological polar surface area (TPSA) is 78.5 Å². The molecule has 1 amide bonds. The normalized spacial score (nSPS) is 17.3. The van der Waals surface area contributed by atoms with Gasteiger partial charge in [0.25, 0.3) is 5.91 Å². The molecule has 1 aromatic heterocycles. The highest BCUT2D eigenvalue weighted by Gasteiger charge is 2.41. The quantitative estimate of drug-likeness (QED) is 0.895. The SMILES string of the molecule is COCCN1C(=O)c2n[nH]c(C)c2[C@@H]1c1cccc(O)c1. The van der Waals surface area contributed by atoms with E-state index in [1.165, 1.54) is 0 Å². The number of aryl methyl sites for hydroxylation is 1. The summed E-state index contributed by atoms with van der Waals surface area (Å²) >= 11 is 0. The van der Waals surface area contributed by atoms with Gasteiger partial charge in [-0.1, -0.05) is 12.1 Å². The molecule has 0 spiro atoms. The van der Waals surface area contributed by atoms with Crippen molar-refractivity contribution in [1.82, 2.24) is 15.1 Å². The molecule has 0 fully saturated rings. The number of hydrogen-bond acceptors (Lipinski definition) is 4. The number of nitrogens with one attached hydrogen (secondary N) is 1. The third-order valence-electron chi connectivity index (χ3n) is 3.77. The highest BCUT2D eigenvalue weighted by molar-refractivity contribution is 5.98. The van der Waals surface area contributed by atoms with E-state index in [1.54, 1.807) is 30.2 Å². The minimum Gasteiger partial charge on any atom is -0.508 e. The van der Waals surface area contributed by atoms with Crippen LogP contribution >= 0.6 is 0 Å². The highest BCUT2D eigenvalue weighted by atomic mass is 16.5. The first-order valence-electron chi connectivity index (χ1n) is 6.77. The number of H-pyrrole nitrogens is 1. The van der Waals surface area contributed by atoms with Crippen molar-refractivity contribution in [2.24, 2.45) is 0 Å². The Morgan fingerprint density at radius 1 is 1.48 bits per heavy atom. The van der Waals surface area contributed by atoms with Gasteiger partial charge in [-0.05, 0) is 24.6 Å². The van der Waals surface area contributed by atoms with Crippen molar-refractivity contribution in [1.29, 1.82) is 0 Å². The van der Waals surface area contributed by atoms with E-state index in [-0.39, 0.29) is 17.7 Å². The maximum atomic E-state index is 12.5. The fourth-order valence-electron chi connectivity index (χ4n) is 2.81. The van der Waals surface area contributed by atoms with E-state index in [4.69, 9.17) is 4.74 Å². The van der Waals surface area contributed by atoms with Gasteiger partial charge in [0.1, 0.15) is 5.75 Å². The zero-order valence-electron chi connectivity index (χ0n) is 12.0. The van der Waals surface area contributed by atoms with Gasteiger partial charge < -0.3 is 14.7 Å². The Bertz CT molecular complexity index is 681. The van der Waals surface area contributed by atoms with E-state index in [0.29, 0.717) is 18.8 Å². The number of methoxy groups -OCH3 is 1. The first-order chi connectivity index (χ1) is 10.1. The Hall–Kier alpha value is -2.34. The van der Waals surface area contributed by atoms with Crippen LogP contribution in [0.1, 0.15) is 33.4 Å². The minimum atomic E-state index is -0.242. The molecule has 6 nitrogen and oxygen atoms in total. The van der Waals surface area contributed by atoms with Crippen molar-refractivity contribution in [2.75, 3.05) is 20.3 Å². The maximum Gasteiger partial charge on any atom is 0.275 e. The molecule has 2 heterocycles. The van der Waals surface area contributed by atoms with Crippen LogP contribution in [0.25, 0.3) is 0 Å². The number of aromatic amines is 1. The molecule has 1 aliphatic heterocycles. The summed E-state index contributed by atoms with van der Waals surface area (Å²) in [5.41, 5.74) is 3.06. The van der Waals surface area contributed by atoms with Gasteiger partial charge in [-0.2, -0.15) is 5.10 Å². The van der Waals surface area contributed by atoms with Gasteiger partial charge >= 0.3 is 0 Å². The van der Waals surface area contributed by atoms with Crippen LogP contribution in [0.2, 0.25) is 0 Å². The number of carbonyl (C=O) groups is 1. The zero-order valence-corrected chi connectivity index (χ0v) is 12.0. The fraction of sp³-hybridized carbons (Fsp3) is 0.333. The van der Waals surface area contributed by atoms with Gasteiger partial charge in [-0.15, -0.1) is 0 Å². The summed E-state index contributed by atoms with van der Waals surface area (Å²) in [7, 11) is 1.61. The smallest absolute Gasteiger partial charge is 0.275 e. The molecule has 2 N–H and O–H groups in total. The maximum absolute atomic E-state index is 12.5. The number of aromatic nitrogens is 2. The average Bonchev–Trinajstić information content (AvgIpc) is 2.96. The molecular formula is C15H17N3O3. The lowest BCUT2D eigenvalue weighted by atomic mass is 9.99. The zero-order chi connectivity index (χ0) is 15.0. The Morgan fingerprint density at radius 3 is 3.00 bits per heavy atom. The predicted molar refractivity (Wildman–Crippen MR) is 76.2 cm³/mol. The molecule has 21 heavy (non-hydrogen) atoms. The summed E-state index contributed by atoms with van der Waals surface area (Å²) in [4.78, 5) is 14.2. The lowest BCUT2D eigenvalue weighted by molar-refractivity contribution is 0.0676. The first kappa shape index (κ1) is 13.6. The lowest BCUT2D eigenvalue weighted by Gasteiger charge is -2.26. The molecule has 0 radical (unpaired) electrons. The molecule has 6 heteroatoms. The van der Waals surface area contributed by atoms with Crippen LogP contribution in [-0.2, 0) is 4.74 Å². The number of benzene rings is 1. The number of carbonyl (C=O) groups excluding carboxylic acids is 1. The minimum absolute atomic E-state index is 0.111. The van der Waals surface area contributed by atoms with Gasteiger partial charge in [0.05, 0.1) is 12.6 Å². The molecule has 0 saturated heterocycles. The third kappa shape index (κ3) is 2.17. The lowest BCUT2D eigenvalue weighted by Crippen LogP contribution is -2.32. The van der Waals surface area contributed by atoms with Crippen LogP contribution in [0.5, 0.6) is 5.75 Å². The van der Waals surface area contributed by atoms with Crippen LogP contribution in [-0.4, -0.2) is 46.4 Å². The van der Waals surface area contributed by atoms with E-state index in [0.717, 1.165) is 16.8 Å². The molecule has 0 bridgehead atoms. The number of fused-ring (bicyclic) bond motifs is 1. The number of nitrogens with zero attached hydrogens (tertiary/aromatic N) is 2. The van der Waals surface area contributed by atoms with E-state index in [1.807, 2.05) is 13.0 Å². The second-order valence-electron chi connectivity index (χ2n) is 5.10. The number of aromatic hydroxyl groups is 1. The molecule has 2 aromatic rings. The highest BCUT2D eigenvalue weighted by Crippen LogP contribution is 2.39. The molecule has 3 rings (SSSR count). The summed E-state index contributed by atoms with van der Waals surface area (Å²) < 4.78 is 5.09. The van der Waals surface area contributed by atoms with Gasteiger partial charge in [0, 0.05) is 24.9 Å². The van der Waals surface area contributed by atoms with Crippen molar-refractivity contribution in [3.05, 3.63) is 46.8 Å².